The summed E-state index contributed by atoms with van der Waals surface area (Å²) in [5.74, 6) is 1.57. The Bertz CT molecular complexity index is 507. The molecule has 1 N–H and O–H groups in total. The smallest absolute Gasteiger partial charge is 0.222 e. The Morgan fingerprint density at radius 2 is 2.00 bits per heavy atom. The summed E-state index contributed by atoms with van der Waals surface area (Å²) in [6.07, 6.45) is 4.21. The van der Waals surface area contributed by atoms with Crippen LogP contribution in [0.15, 0.2) is 18.2 Å². The Balaban J connectivity index is 1.62. The number of aryl methyl sites for hydroxylation is 2. The molecule has 4 heteroatoms. The largest absolute Gasteiger partial charge is 0.493 e. The number of hydrogen-bond donors (Lipinski definition) is 1. The fourth-order valence-corrected chi connectivity index (χ4v) is 2.95. The summed E-state index contributed by atoms with van der Waals surface area (Å²) in [6.45, 7) is 6.60. The van der Waals surface area contributed by atoms with E-state index in [4.69, 9.17) is 9.84 Å². The molecule has 128 valence electrons. The van der Waals surface area contributed by atoms with E-state index in [9.17, 15) is 4.79 Å². The van der Waals surface area contributed by atoms with Crippen LogP contribution in [0.5, 0.6) is 5.75 Å². The first kappa shape index (κ1) is 17.8. The van der Waals surface area contributed by atoms with E-state index in [0.29, 0.717) is 18.9 Å². The molecule has 1 heterocycles. The normalized spacial score (nSPS) is 15.7. The van der Waals surface area contributed by atoms with Gasteiger partial charge in [-0.1, -0.05) is 12.1 Å². The maximum Gasteiger partial charge on any atom is 0.222 e. The van der Waals surface area contributed by atoms with Crippen LogP contribution in [0.2, 0.25) is 0 Å². The molecule has 1 saturated heterocycles. The van der Waals surface area contributed by atoms with Crippen molar-refractivity contribution in [2.24, 2.45) is 5.92 Å². The summed E-state index contributed by atoms with van der Waals surface area (Å²) in [5, 5.41) is 9.13. The fourth-order valence-electron chi connectivity index (χ4n) is 2.95. The van der Waals surface area contributed by atoms with Crippen molar-refractivity contribution >= 4 is 5.91 Å². The number of ether oxygens (including phenoxy) is 1. The number of amides is 1. The topological polar surface area (TPSA) is 49.8 Å². The van der Waals surface area contributed by atoms with Gasteiger partial charge in [-0.3, -0.25) is 4.79 Å². The number of aliphatic hydroxyl groups excluding tert-OH is 1. The van der Waals surface area contributed by atoms with Crippen molar-refractivity contribution in [1.29, 1.82) is 0 Å². The minimum Gasteiger partial charge on any atom is -0.493 e. The van der Waals surface area contributed by atoms with Gasteiger partial charge in [0.05, 0.1) is 6.61 Å². The summed E-state index contributed by atoms with van der Waals surface area (Å²) in [7, 11) is 0. The molecule has 1 aromatic carbocycles. The number of likely N-dealkylation sites (tertiary alicyclic amines) is 1. The van der Waals surface area contributed by atoms with Gasteiger partial charge in [0.2, 0.25) is 5.91 Å². The zero-order valence-corrected chi connectivity index (χ0v) is 14.4. The number of benzene rings is 1. The van der Waals surface area contributed by atoms with Crippen LogP contribution in [-0.4, -0.2) is 42.2 Å². The van der Waals surface area contributed by atoms with Gasteiger partial charge >= 0.3 is 0 Å². The van der Waals surface area contributed by atoms with Gasteiger partial charge in [0.1, 0.15) is 5.75 Å². The molecule has 0 aromatic heterocycles. The second-order valence-corrected chi connectivity index (χ2v) is 6.58. The van der Waals surface area contributed by atoms with Gasteiger partial charge in [0, 0.05) is 26.1 Å². The van der Waals surface area contributed by atoms with Crippen LogP contribution in [0, 0.1) is 19.8 Å². The highest BCUT2D eigenvalue weighted by atomic mass is 16.5. The van der Waals surface area contributed by atoms with E-state index in [0.717, 1.165) is 50.1 Å². The molecule has 1 aliphatic rings. The molecule has 1 fully saturated rings. The number of piperidine rings is 1. The van der Waals surface area contributed by atoms with Crippen LogP contribution in [0.25, 0.3) is 0 Å². The lowest BCUT2D eigenvalue weighted by atomic mass is 9.97. The molecule has 0 spiro atoms. The molecule has 1 amide bonds. The summed E-state index contributed by atoms with van der Waals surface area (Å²) in [4.78, 5) is 14.1. The van der Waals surface area contributed by atoms with Crippen LogP contribution < -0.4 is 4.74 Å². The van der Waals surface area contributed by atoms with Crippen molar-refractivity contribution in [3.8, 4) is 5.75 Å². The van der Waals surface area contributed by atoms with Gasteiger partial charge in [-0.25, -0.2) is 0 Å². The SMILES string of the molecule is Cc1ccc(C)c(OCCCCC(=O)N2CCC(CO)CC2)c1. The number of unbranched alkanes of at least 4 members (excludes halogenated alkanes) is 1. The van der Waals surface area contributed by atoms with Gasteiger partial charge in [0.25, 0.3) is 0 Å². The Morgan fingerprint density at radius 3 is 2.70 bits per heavy atom. The van der Waals surface area contributed by atoms with E-state index < -0.39 is 0 Å². The molecule has 2 rings (SSSR count). The van der Waals surface area contributed by atoms with E-state index in [1.54, 1.807) is 0 Å². The fraction of sp³-hybridized carbons (Fsp3) is 0.632. The zero-order chi connectivity index (χ0) is 16.7. The third-order valence-electron chi connectivity index (χ3n) is 4.61. The minimum absolute atomic E-state index is 0.244. The first-order valence-corrected chi connectivity index (χ1v) is 8.69. The molecule has 4 nitrogen and oxygen atoms in total. The second kappa shape index (κ2) is 8.92. The number of nitrogens with zero attached hydrogens (tertiary/aromatic N) is 1. The predicted octanol–water partition coefficient (Wildman–Crippen LogP) is 3.08. The summed E-state index contributed by atoms with van der Waals surface area (Å²) < 4.78 is 5.82. The monoisotopic (exact) mass is 319 g/mol. The zero-order valence-electron chi connectivity index (χ0n) is 14.4. The van der Waals surface area contributed by atoms with Gasteiger partial charge < -0.3 is 14.7 Å². The average molecular weight is 319 g/mol. The highest BCUT2D eigenvalue weighted by Crippen LogP contribution is 2.20. The van der Waals surface area contributed by atoms with Crippen LogP contribution >= 0.6 is 0 Å². The Hall–Kier alpha value is -1.55. The summed E-state index contributed by atoms with van der Waals surface area (Å²) in [5.41, 5.74) is 2.35. The molecular formula is C19H29NO3. The lowest BCUT2D eigenvalue weighted by Crippen LogP contribution is -2.39. The highest BCUT2D eigenvalue weighted by molar-refractivity contribution is 5.76. The summed E-state index contributed by atoms with van der Waals surface area (Å²) >= 11 is 0. The van der Waals surface area contributed by atoms with Gasteiger partial charge in [-0.2, -0.15) is 0 Å². The third kappa shape index (κ3) is 5.54. The average Bonchev–Trinajstić information content (AvgIpc) is 2.57. The third-order valence-corrected chi connectivity index (χ3v) is 4.61. The maximum absolute atomic E-state index is 12.1. The molecule has 23 heavy (non-hydrogen) atoms. The standard InChI is InChI=1S/C19H29NO3/c1-15-6-7-16(2)18(13-15)23-12-4-3-5-19(22)20-10-8-17(14-21)9-11-20/h6-7,13,17,21H,3-5,8-12,14H2,1-2H3. The Kier molecular flexibility index (Phi) is 6.90. The van der Waals surface area contributed by atoms with Crippen molar-refractivity contribution in [2.75, 3.05) is 26.3 Å². The first-order valence-electron chi connectivity index (χ1n) is 8.69. The van der Waals surface area contributed by atoms with Crippen molar-refractivity contribution < 1.29 is 14.6 Å². The minimum atomic E-state index is 0.244. The second-order valence-electron chi connectivity index (χ2n) is 6.58. The predicted molar refractivity (Wildman–Crippen MR) is 91.7 cm³/mol. The number of hydrogen-bond acceptors (Lipinski definition) is 3. The molecule has 0 saturated carbocycles. The highest BCUT2D eigenvalue weighted by Gasteiger charge is 2.21. The van der Waals surface area contributed by atoms with Crippen LogP contribution in [0.1, 0.15) is 43.2 Å². The van der Waals surface area contributed by atoms with Crippen LogP contribution in [-0.2, 0) is 4.79 Å². The Labute approximate surface area is 139 Å². The van der Waals surface area contributed by atoms with E-state index in [1.807, 2.05) is 11.8 Å². The van der Waals surface area contributed by atoms with E-state index in [2.05, 4.69) is 25.1 Å². The number of carbonyl (C=O) groups is 1. The molecule has 0 radical (unpaired) electrons. The van der Waals surface area contributed by atoms with Gasteiger partial charge in [-0.15, -0.1) is 0 Å². The number of carbonyl (C=O) groups excluding carboxylic acids is 1. The van der Waals surface area contributed by atoms with Gasteiger partial charge in [0.15, 0.2) is 0 Å². The van der Waals surface area contributed by atoms with E-state index in [1.165, 1.54) is 5.56 Å². The maximum atomic E-state index is 12.1. The van der Waals surface area contributed by atoms with Crippen molar-refractivity contribution in [3.63, 3.8) is 0 Å². The van der Waals surface area contributed by atoms with Crippen molar-refractivity contribution in [2.45, 2.75) is 46.0 Å². The van der Waals surface area contributed by atoms with E-state index in [-0.39, 0.29) is 12.5 Å². The molecule has 0 aliphatic carbocycles. The number of rotatable bonds is 7. The molecule has 0 unspecified atom stereocenters. The quantitative estimate of drug-likeness (QED) is 0.786. The summed E-state index contributed by atoms with van der Waals surface area (Å²) in [6, 6.07) is 6.22. The van der Waals surface area contributed by atoms with Gasteiger partial charge in [-0.05, 0) is 62.6 Å². The molecule has 0 bridgehead atoms. The van der Waals surface area contributed by atoms with E-state index >= 15 is 0 Å². The Morgan fingerprint density at radius 1 is 1.26 bits per heavy atom. The lowest BCUT2D eigenvalue weighted by molar-refractivity contribution is -0.132. The van der Waals surface area contributed by atoms with Crippen LogP contribution in [0.4, 0.5) is 0 Å². The molecular weight excluding hydrogens is 290 g/mol. The van der Waals surface area contributed by atoms with Crippen LogP contribution in [0.3, 0.4) is 0 Å². The lowest BCUT2D eigenvalue weighted by Gasteiger charge is -2.31. The molecule has 0 atom stereocenters. The number of aliphatic hydroxyl groups is 1. The molecule has 1 aliphatic heterocycles. The first-order chi connectivity index (χ1) is 11.1. The van der Waals surface area contributed by atoms with Crippen molar-refractivity contribution in [3.05, 3.63) is 29.3 Å². The van der Waals surface area contributed by atoms with Crippen molar-refractivity contribution in [1.82, 2.24) is 4.90 Å². The molecule has 1 aromatic rings.